The number of anilines is 2. The molecule has 1 heterocycles. The zero-order valence-corrected chi connectivity index (χ0v) is 18.2. The van der Waals surface area contributed by atoms with Gasteiger partial charge in [0.15, 0.2) is 0 Å². The summed E-state index contributed by atoms with van der Waals surface area (Å²) in [6, 6.07) is 14.2. The van der Waals surface area contributed by atoms with Gasteiger partial charge in [-0.2, -0.15) is 0 Å². The number of nitrogens with zero attached hydrogens (tertiary/aromatic N) is 2. The lowest BCUT2D eigenvalue weighted by Gasteiger charge is -2.28. The lowest BCUT2D eigenvalue weighted by molar-refractivity contribution is -0.132. The van der Waals surface area contributed by atoms with Gasteiger partial charge in [0, 0.05) is 31.5 Å². The highest BCUT2D eigenvalue weighted by Gasteiger charge is 2.16. The van der Waals surface area contributed by atoms with Crippen LogP contribution >= 0.6 is 0 Å². The normalized spacial score (nSPS) is 15.8. The molecule has 0 atom stereocenters. The third kappa shape index (κ3) is 5.64. The molecule has 4 rings (SSSR count). The third-order valence-electron chi connectivity index (χ3n) is 6.10. The first kappa shape index (κ1) is 21.4. The van der Waals surface area contributed by atoms with Crippen LogP contribution in [0.25, 0.3) is 0 Å². The Labute approximate surface area is 184 Å². The largest absolute Gasteiger partial charge is 0.378 e. The van der Waals surface area contributed by atoms with Crippen molar-refractivity contribution in [2.75, 3.05) is 50.1 Å². The van der Waals surface area contributed by atoms with E-state index < -0.39 is 0 Å². The van der Waals surface area contributed by atoms with Crippen LogP contribution in [0.1, 0.15) is 29.5 Å². The summed E-state index contributed by atoms with van der Waals surface area (Å²) >= 11 is 0. The minimum absolute atomic E-state index is 0.0367. The molecule has 31 heavy (non-hydrogen) atoms. The number of carbonyl (C=O) groups is 2. The summed E-state index contributed by atoms with van der Waals surface area (Å²) < 4.78 is 5.38. The lowest BCUT2D eigenvalue weighted by atomic mass is 9.90. The molecule has 0 bridgehead atoms. The predicted molar refractivity (Wildman–Crippen MR) is 123 cm³/mol. The van der Waals surface area contributed by atoms with E-state index in [1.54, 1.807) is 7.05 Å². The van der Waals surface area contributed by atoms with Gasteiger partial charge >= 0.3 is 0 Å². The molecule has 2 aromatic rings. The number of rotatable bonds is 6. The molecule has 1 aliphatic heterocycles. The first-order valence-electron chi connectivity index (χ1n) is 11.2. The van der Waals surface area contributed by atoms with Crippen LogP contribution in [-0.2, 0) is 33.6 Å². The Hall–Kier alpha value is -2.86. The maximum Gasteiger partial charge on any atom is 0.243 e. The van der Waals surface area contributed by atoms with Crippen molar-refractivity contribution in [3.63, 3.8) is 0 Å². The van der Waals surface area contributed by atoms with Crippen molar-refractivity contribution in [1.82, 2.24) is 4.90 Å². The van der Waals surface area contributed by atoms with Crippen LogP contribution in [0.2, 0.25) is 0 Å². The molecule has 0 radical (unpaired) electrons. The van der Waals surface area contributed by atoms with Gasteiger partial charge in [0.25, 0.3) is 0 Å². The summed E-state index contributed by atoms with van der Waals surface area (Å²) in [4.78, 5) is 28.8. The smallest absolute Gasteiger partial charge is 0.243 e. The molecule has 6 nitrogen and oxygen atoms in total. The van der Waals surface area contributed by atoms with E-state index in [-0.39, 0.29) is 18.4 Å². The number of benzene rings is 2. The van der Waals surface area contributed by atoms with E-state index in [2.05, 4.69) is 22.3 Å². The predicted octanol–water partition coefficient (Wildman–Crippen LogP) is 3.04. The molecule has 1 saturated heterocycles. The molecule has 0 aromatic heterocycles. The molecule has 0 unspecified atom stereocenters. The summed E-state index contributed by atoms with van der Waals surface area (Å²) in [7, 11) is 1.68. The zero-order valence-electron chi connectivity index (χ0n) is 18.2. The van der Waals surface area contributed by atoms with Gasteiger partial charge < -0.3 is 19.9 Å². The van der Waals surface area contributed by atoms with Crippen molar-refractivity contribution >= 4 is 23.2 Å². The molecular weight excluding hydrogens is 390 g/mol. The number of amides is 2. The van der Waals surface area contributed by atoms with Crippen molar-refractivity contribution in [2.24, 2.45) is 0 Å². The summed E-state index contributed by atoms with van der Waals surface area (Å²) in [6.07, 6.45) is 5.03. The van der Waals surface area contributed by atoms with Crippen LogP contribution in [0.15, 0.2) is 42.5 Å². The first-order chi connectivity index (χ1) is 15.1. The first-order valence-corrected chi connectivity index (χ1v) is 11.2. The van der Waals surface area contributed by atoms with Gasteiger partial charge in [0.05, 0.1) is 26.2 Å². The highest BCUT2D eigenvalue weighted by molar-refractivity contribution is 5.94. The maximum absolute atomic E-state index is 12.6. The second kappa shape index (κ2) is 9.96. The third-order valence-corrected chi connectivity index (χ3v) is 6.10. The molecule has 2 aromatic carbocycles. The van der Waals surface area contributed by atoms with E-state index >= 15 is 0 Å². The number of nitrogens with one attached hydrogen (secondary N) is 1. The molecule has 2 aliphatic rings. The van der Waals surface area contributed by atoms with Gasteiger partial charge in [-0.25, -0.2) is 0 Å². The van der Waals surface area contributed by atoms with Crippen LogP contribution in [0.5, 0.6) is 0 Å². The fraction of sp³-hybridized carbons (Fsp3) is 0.440. The Bertz CT molecular complexity index is 920. The van der Waals surface area contributed by atoms with Gasteiger partial charge in [-0.3, -0.25) is 9.59 Å². The fourth-order valence-corrected chi connectivity index (χ4v) is 4.29. The Morgan fingerprint density at radius 3 is 2.45 bits per heavy atom. The van der Waals surface area contributed by atoms with E-state index in [1.807, 2.05) is 30.3 Å². The van der Waals surface area contributed by atoms with Crippen LogP contribution in [-0.4, -0.2) is 56.6 Å². The number of carbonyl (C=O) groups excluding carboxylic acids is 2. The number of fused-ring (bicyclic) bond motifs is 1. The number of morpholine rings is 1. The van der Waals surface area contributed by atoms with Gasteiger partial charge in [-0.15, -0.1) is 0 Å². The quantitative estimate of drug-likeness (QED) is 0.779. The van der Waals surface area contributed by atoms with E-state index in [0.717, 1.165) is 56.1 Å². The number of ether oxygens (including phenoxy) is 1. The molecule has 1 fully saturated rings. The summed E-state index contributed by atoms with van der Waals surface area (Å²) in [5, 5.41) is 2.89. The number of hydrogen-bond acceptors (Lipinski definition) is 4. The Kier molecular flexibility index (Phi) is 6.87. The Morgan fingerprint density at radius 1 is 1.00 bits per heavy atom. The molecule has 6 heteroatoms. The van der Waals surface area contributed by atoms with Gasteiger partial charge in [-0.05, 0) is 66.6 Å². The number of aryl methyl sites for hydroxylation is 2. The van der Waals surface area contributed by atoms with E-state index in [9.17, 15) is 9.59 Å². The van der Waals surface area contributed by atoms with Gasteiger partial charge in [0.2, 0.25) is 11.8 Å². The van der Waals surface area contributed by atoms with Crippen molar-refractivity contribution in [3.05, 3.63) is 59.2 Å². The highest BCUT2D eigenvalue weighted by atomic mass is 16.5. The second-order valence-electron chi connectivity index (χ2n) is 8.43. The van der Waals surface area contributed by atoms with Crippen molar-refractivity contribution in [2.45, 2.75) is 32.1 Å². The van der Waals surface area contributed by atoms with Crippen LogP contribution < -0.4 is 10.2 Å². The summed E-state index contributed by atoms with van der Waals surface area (Å²) in [5.74, 6) is -0.242. The summed E-state index contributed by atoms with van der Waals surface area (Å²) in [5.41, 5.74) is 5.67. The van der Waals surface area contributed by atoms with Crippen LogP contribution in [0, 0.1) is 0 Å². The van der Waals surface area contributed by atoms with E-state index in [4.69, 9.17) is 4.74 Å². The zero-order chi connectivity index (χ0) is 21.6. The lowest BCUT2D eigenvalue weighted by Crippen LogP contribution is -2.36. The molecule has 2 amide bonds. The molecular formula is C25H31N3O3. The van der Waals surface area contributed by atoms with Gasteiger partial charge in [0.1, 0.15) is 0 Å². The topological polar surface area (TPSA) is 61.9 Å². The minimum Gasteiger partial charge on any atom is -0.378 e. The highest BCUT2D eigenvalue weighted by Crippen LogP contribution is 2.23. The van der Waals surface area contributed by atoms with Crippen molar-refractivity contribution < 1.29 is 14.3 Å². The molecule has 1 N–H and O–H groups in total. The van der Waals surface area contributed by atoms with Gasteiger partial charge in [-0.1, -0.05) is 18.2 Å². The van der Waals surface area contributed by atoms with E-state index in [0.29, 0.717) is 6.42 Å². The molecule has 1 aliphatic carbocycles. The standard InChI is InChI=1S/C25H31N3O3/c1-27(25(30)17-19-6-7-20-4-2-3-5-21(20)16-19)18-24(29)26-22-8-10-23(11-9-22)28-12-14-31-15-13-28/h6-11,16H,2-5,12-15,17-18H2,1H3,(H,26,29). The fourth-order valence-electron chi connectivity index (χ4n) is 4.29. The molecule has 0 saturated carbocycles. The number of likely N-dealkylation sites (N-methyl/N-ethyl adjacent to an activating group) is 1. The van der Waals surface area contributed by atoms with Crippen molar-refractivity contribution in [3.8, 4) is 0 Å². The van der Waals surface area contributed by atoms with Crippen molar-refractivity contribution in [1.29, 1.82) is 0 Å². The van der Waals surface area contributed by atoms with Crippen LogP contribution in [0.3, 0.4) is 0 Å². The second-order valence-corrected chi connectivity index (χ2v) is 8.43. The Balaban J connectivity index is 1.27. The number of hydrogen-bond donors (Lipinski definition) is 1. The Morgan fingerprint density at radius 2 is 1.71 bits per heavy atom. The monoisotopic (exact) mass is 421 g/mol. The molecule has 164 valence electrons. The van der Waals surface area contributed by atoms with E-state index in [1.165, 1.54) is 28.9 Å². The average molecular weight is 422 g/mol. The minimum atomic E-state index is -0.194. The van der Waals surface area contributed by atoms with Crippen LogP contribution in [0.4, 0.5) is 11.4 Å². The SMILES string of the molecule is CN(CC(=O)Nc1ccc(N2CCOCC2)cc1)C(=O)Cc1ccc2c(c1)CCCC2. The average Bonchev–Trinajstić information content (AvgIpc) is 2.80. The summed E-state index contributed by atoms with van der Waals surface area (Å²) in [6.45, 7) is 3.27. The molecule has 0 spiro atoms. The maximum atomic E-state index is 12.6.